The summed E-state index contributed by atoms with van der Waals surface area (Å²) >= 11 is 1.62. The predicted molar refractivity (Wildman–Crippen MR) is 82.7 cm³/mol. The van der Waals surface area contributed by atoms with Crippen LogP contribution in [0, 0.1) is 17.7 Å². The van der Waals surface area contributed by atoms with Crippen molar-refractivity contribution in [2.24, 2.45) is 5.73 Å². The summed E-state index contributed by atoms with van der Waals surface area (Å²) < 4.78 is 13.2. The molecule has 3 nitrogen and oxygen atoms in total. The molecule has 108 valence electrons. The maximum atomic E-state index is 13.2. The second kappa shape index (κ2) is 7.58. The van der Waals surface area contributed by atoms with Gasteiger partial charge in [0, 0.05) is 12.1 Å². The van der Waals surface area contributed by atoms with Gasteiger partial charge in [-0.15, -0.1) is 0 Å². The molecular weight excluding hydrogens is 287 g/mol. The zero-order valence-electron chi connectivity index (χ0n) is 11.4. The number of benzene rings is 1. The summed E-state index contributed by atoms with van der Waals surface area (Å²) in [7, 11) is 0. The van der Waals surface area contributed by atoms with Gasteiger partial charge >= 0.3 is 0 Å². The summed E-state index contributed by atoms with van der Waals surface area (Å²) in [5.41, 5.74) is 7.21. The lowest BCUT2D eigenvalue weighted by atomic mass is 10.1. The van der Waals surface area contributed by atoms with Gasteiger partial charge in [-0.2, -0.15) is 11.3 Å². The summed E-state index contributed by atoms with van der Waals surface area (Å²) in [6, 6.07) is 5.96. The van der Waals surface area contributed by atoms with Crippen molar-refractivity contribution >= 4 is 17.2 Å². The Morgan fingerprint density at radius 1 is 1.38 bits per heavy atom. The lowest BCUT2D eigenvalue weighted by molar-refractivity contribution is 0.0954. The molecule has 5 heteroatoms. The lowest BCUT2D eigenvalue weighted by Gasteiger charge is -2.07. The fraction of sp³-hybridized carbons (Fsp3) is 0.188. The van der Waals surface area contributed by atoms with Crippen molar-refractivity contribution in [3.63, 3.8) is 0 Å². The number of amides is 1. The molecule has 21 heavy (non-hydrogen) atoms. The largest absolute Gasteiger partial charge is 0.352 e. The van der Waals surface area contributed by atoms with Gasteiger partial charge in [-0.3, -0.25) is 4.79 Å². The Labute approximate surface area is 127 Å². The molecule has 1 amide bonds. The molecule has 1 aromatic carbocycles. The Balaban J connectivity index is 2.04. The van der Waals surface area contributed by atoms with Crippen LogP contribution in [-0.4, -0.2) is 19.0 Å². The molecule has 0 spiro atoms. The highest BCUT2D eigenvalue weighted by atomic mass is 32.1. The number of rotatable bonds is 4. The Morgan fingerprint density at radius 2 is 2.24 bits per heavy atom. The summed E-state index contributed by atoms with van der Waals surface area (Å²) in [5, 5.41) is 6.86. The van der Waals surface area contributed by atoms with Crippen LogP contribution in [-0.2, 0) is 6.42 Å². The van der Waals surface area contributed by atoms with Crippen molar-refractivity contribution in [2.75, 3.05) is 13.1 Å². The lowest BCUT2D eigenvalue weighted by Crippen LogP contribution is -2.26. The normalized spacial score (nSPS) is 9.81. The zero-order valence-corrected chi connectivity index (χ0v) is 12.2. The van der Waals surface area contributed by atoms with Crippen LogP contribution >= 0.6 is 11.3 Å². The molecule has 0 aliphatic heterocycles. The zero-order chi connectivity index (χ0) is 15.1. The number of carbonyl (C=O) groups excluding carboxylic acids is 1. The first-order valence-corrected chi connectivity index (χ1v) is 7.42. The van der Waals surface area contributed by atoms with E-state index in [0.717, 1.165) is 6.42 Å². The molecule has 1 heterocycles. The van der Waals surface area contributed by atoms with Gasteiger partial charge in [0.05, 0.1) is 12.1 Å². The monoisotopic (exact) mass is 302 g/mol. The first-order valence-electron chi connectivity index (χ1n) is 6.48. The number of thiophene rings is 1. The topological polar surface area (TPSA) is 55.1 Å². The molecule has 3 N–H and O–H groups in total. The fourth-order valence-electron chi connectivity index (χ4n) is 1.81. The minimum atomic E-state index is -0.425. The van der Waals surface area contributed by atoms with Crippen LogP contribution < -0.4 is 11.1 Å². The molecule has 0 saturated heterocycles. The van der Waals surface area contributed by atoms with Crippen LogP contribution in [0.2, 0.25) is 0 Å². The average molecular weight is 302 g/mol. The Kier molecular flexibility index (Phi) is 5.50. The van der Waals surface area contributed by atoms with E-state index in [1.165, 1.54) is 23.8 Å². The molecule has 2 aromatic rings. The molecular formula is C16H15FN2OS. The van der Waals surface area contributed by atoms with Gasteiger partial charge < -0.3 is 11.1 Å². The molecule has 0 radical (unpaired) electrons. The van der Waals surface area contributed by atoms with E-state index >= 15 is 0 Å². The second-order valence-electron chi connectivity index (χ2n) is 4.33. The standard InChI is InChI=1S/C16H15FN2OS/c17-14-3-4-15(13(10-14)2-1-7-18)16(20)19-8-5-12-6-9-21-11-12/h3-4,6,9-11H,5,7-8,18H2,(H,19,20). The van der Waals surface area contributed by atoms with Crippen molar-refractivity contribution in [2.45, 2.75) is 6.42 Å². The van der Waals surface area contributed by atoms with Crippen molar-refractivity contribution in [1.82, 2.24) is 5.32 Å². The maximum absolute atomic E-state index is 13.2. The van der Waals surface area contributed by atoms with E-state index in [2.05, 4.69) is 17.2 Å². The third kappa shape index (κ3) is 4.42. The summed E-state index contributed by atoms with van der Waals surface area (Å²) in [6.07, 6.45) is 0.764. The quantitative estimate of drug-likeness (QED) is 0.851. The van der Waals surface area contributed by atoms with Crippen molar-refractivity contribution in [1.29, 1.82) is 0 Å². The number of nitrogens with two attached hydrogens (primary N) is 1. The molecule has 0 unspecified atom stereocenters. The van der Waals surface area contributed by atoms with Crippen LogP contribution in [0.3, 0.4) is 0 Å². The fourth-order valence-corrected chi connectivity index (χ4v) is 2.52. The van der Waals surface area contributed by atoms with Gasteiger partial charge in [-0.05, 0) is 47.0 Å². The van der Waals surface area contributed by atoms with E-state index in [9.17, 15) is 9.18 Å². The van der Waals surface area contributed by atoms with E-state index < -0.39 is 5.82 Å². The van der Waals surface area contributed by atoms with E-state index in [-0.39, 0.29) is 12.5 Å². The number of carbonyl (C=O) groups is 1. The van der Waals surface area contributed by atoms with Crippen molar-refractivity contribution in [3.05, 3.63) is 57.5 Å². The molecule has 0 atom stereocenters. The summed E-state index contributed by atoms with van der Waals surface area (Å²) in [4.78, 5) is 12.1. The van der Waals surface area contributed by atoms with Crippen LogP contribution in [0.4, 0.5) is 4.39 Å². The first kappa shape index (κ1) is 15.2. The van der Waals surface area contributed by atoms with Crippen molar-refractivity contribution in [3.8, 4) is 11.8 Å². The Hall–Kier alpha value is -2.16. The van der Waals surface area contributed by atoms with Crippen LogP contribution in [0.25, 0.3) is 0 Å². The molecule has 0 aliphatic carbocycles. The number of nitrogens with one attached hydrogen (secondary N) is 1. The second-order valence-corrected chi connectivity index (χ2v) is 5.11. The highest BCUT2D eigenvalue weighted by Crippen LogP contribution is 2.11. The molecule has 2 rings (SSSR count). The van der Waals surface area contributed by atoms with E-state index in [4.69, 9.17) is 5.73 Å². The highest BCUT2D eigenvalue weighted by Gasteiger charge is 2.10. The van der Waals surface area contributed by atoms with Gasteiger partial charge in [0.15, 0.2) is 0 Å². The average Bonchev–Trinajstić information content (AvgIpc) is 2.98. The molecule has 0 bridgehead atoms. The minimum Gasteiger partial charge on any atom is -0.352 e. The Morgan fingerprint density at radius 3 is 2.95 bits per heavy atom. The Bertz CT molecular complexity index is 671. The van der Waals surface area contributed by atoms with E-state index in [0.29, 0.717) is 17.7 Å². The van der Waals surface area contributed by atoms with E-state index in [1.54, 1.807) is 11.3 Å². The van der Waals surface area contributed by atoms with Crippen LogP contribution in [0.5, 0.6) is 0 Å². The van der Waals surface area contributed by atoms with Gasteiger partial charge in [-0.25, -0.2) is 4.39 Å². The molecule has 0 fully saturated rings. The molecule has 1 aromatic heterocycles. The highest BCUT2D eigenvalue weighted by molar-refractivity contribution is 7.07. The first-order chi connectivity index (χ1) is 10.2. The van der Waals surface area contributed by atoms with Crippen LogP contribution in [0.15, 0.2) is 35.0 Å². The SMILES string of the molecule is NCC#Cc1cc(F)ccc1C(=O)NCCc1ccsc1. The maximum Gasteiger partial charge on any atom is 0.252 e. The van der Waals surface area contributed by atoms with Gasteiger partial charge in [0.2, 0.25) is 0 Å². The number of hydrogen-bond acceptors (Lipinski definition) is 3. The van der Waals surface area contributed by atoms with Gasteiger partial charge in [0.1, 0.15) is 5.82 Å². The third-order valence-electron chi connectivity index (χ3n) is 2.83. The smallest absolute Gasteiger partial charge is 0.252 e. The minimum absolute atomic E-state index is 0.162. The van der Waals surface area contributed by atoms with Gasteiger partial charge in [-0.1, -0.05) is 11.8 Å². The van der Waals surface area contributed by atoms with Crippen LogP contribution in [0.1, 0.15) is 21.5 Å². The van der Waals surface area contributed by atoms with Gasteiger partial charge in [0.25, 0.3) is 5.91 Å². The third-order valence-corrected chi connectivity index (χ3v) is 3.56. The number of hydrogen-bond donors (Lipinski definition) is 2. The number of halogens is 1. The molecule has 0 aliphatic rings. The van der Waals surface area contributed by atoms with E-state index in [1.807, 2.05) is 16.8 Å². The molecule has 0 saturated carbocycles. The summed E-state index contributed by atoms with van der Waals surface area (Å²) in [5.74, 6) is 4.68. The van der Waals surface area contributed by atoms with Crippen molar-refractivity contribution < 1.29 is 9.18 Å². The predicted octanol–water partition coefficient (Wildman–Crippen LogP) is 2.17. The summed E-state index contributed by atoms with van der Waals surface area (Å²) in [6.45, 7) is 0.687.